The predicted octanol–water partition coefficient (Wildman–Crippen LogP) is 5.89. The Hall–Kier alpha value is -2.95. The zero-order valence-electron chi connectivity index (χ0n) is 18.0. The molecule has 1 atom stereocenters. The molecule has 4 rings (SSSR count). The molecular formula is C25H22BrClN2O4. The van der Waals surface area contributed by atoms with Crippen molar-refractivity contribution in [3.05, 3.63) is 79.8 Å². The molecule has 1 heterocycles. The van der Waals surface area contributed by atoms with Crippen LogP contribution in [0.5, 0.6) is 11.5 Å². The first-order valence-corrected chi connectivity index (χ1v) is 11.8. The molecule has 1 aliphatic carbocycles. The molecule has 0 saturated heterocycles. The minimum Gasteiger partial charge on any atom is -0.490 e. The van der Waals surface area contributed by atoms with Crippen molar-refractivity contribution in [1.82, 2.24) is 0 Å². The molecule has 2 aromatic rings. The average Bonchev–Trinajstić information content (AvgIpc) is 2.79. The van der Waals surface area contributed by atoms with E-state index in [1.54, 1.807) is 12.1 Å². The molecule has 2 aliphatic rings. The van der Waals surface area contributed by atoms with Gasteiger partial charge in [0.05, 0.1) is 17.0 Å². The van der Waals surface area contributed by atoms with Gasteiger partial charge in [-0.3, -0.25) is 4.79 Å². The lowest BCUT2D eigenvalue weighted by atomic mass is 9.77. The highest BCUT2D eigenvalue weighted by Gasteiger charge is 2.38. The zero-order chi connectivity index (χ0) is 23.5. The number of hydrogen-bond acceptors (Lipinski definition) is 6. The second kappa shape index (κ2) is 9.90. The fraction of sp³-hybridized carbons (Fsp3) is 0.280. The molecule has 0 fully saturated rings. The molecule has 0 aromatic heterocycles. The van der Waals surface area contributed by atoms with Crippen molar-refractivity contribution in [3.8, 4) is 17.6 Å². The van der Waals surface area contributed by atoms with Gasteiger partial charge >= 0.3 is 0 Å². The van der Waals surface area contributed by atoms with Crippen LogP contribution in [0.1, 0.15) is 43.2 Å². The maximum atomic E-state index is 12.8. The summed E-state index contributed by atoms with van der Waals surface area (Å²) in [4.78, 5) is 12.8. The molecule has 0 amide bonds. The van der Waals surface area contributed by atoms with Crippen molar-refractivity contribution in [1.29, 1.82) is 5.26 Å². The molecule has 0 spiro atoms. The Morgan fingerprint density at radius 3 is 2.79 bits per heavy atom. The summed E-state index contributed by atoms with van der Waals surface area (Å²) in [6.07, 6.45) is 1.72. The molecule has 0 radical (unpaired) electrons. The van der Waals surface area contributed by atoms with Gasteiger partial charge in [-0.25, -0.2) is 0 Å². The summed E-state index contributed by atoms with van der Waals surface area (Å²) >= 11 is 9.85. The molecular weight excluding hydrogens is 508 g/mol. The third-order valence-electron chi connectivity index (χ3n) is 5.60. The summed E-state index contributed by atoms with van der Waals surface area (Å²) in [5, 5.41) is 10.4. The van der Waals surface area contributed by atoms with Crippen LogP contribution in [0.2, 0.25) is 5.02 Å². The van der Waals surface area contributed by atoms with Crippen molar-refractivity contribution in [2.75, 3.05) is 6.61 Å². The fourth-order valence-electron chi connectivity index (χ4n) is 4.11. The molecule has 2 N–H and O–H groups in total. The second-order valence-electron chi connectivity index (χ2n) is 7.68. The molecule has 33 heavy (non-hydrogen) atoms. The van der Waals surface area contributed by atoms with Gasteiger partial charge in [0.1, 0.15) is 24.0 Å². The number of benzene rings is 2. The number of allylic oxidation sites excluding steroid dienone is 3. The number of halogens is 2. The van der Waals surface area contributed by atoms with Crippen LogP contribution in [0.4, 0.5) is 0 Å². The van der Waals surface area contributed by atoms with Gasteiger partial charge in [0, 0.05) is 29.0 Å². The Morgan fingerprint density at radius 1 is 1.27 bits per heavy atom. The number of rotatable bonds is 6. The van der Waals surface area contributed by atoms with Crippen LogP contribution in [-0.4, -0.2) is 12.4 Å². The van der Waals surface area contributed by atoms with Gasteiger partial charge in [-0.05, 0) is 53.0 Å². The van der Waals surface area contributed by atoms with E-state index in [-0.39, 0.29) is 23.8 Å². The third-order valence-corrected chi connectivity index (χ3v) is 6.56. The molecule has 1 aliphatic heterocycles. The summed E-state index contributed by atoms with van der Waals surface area (Å²) in [6, 6.07) is 13.2. The monoisotopic (exact) mass is 528 g/mol. The lowest BCUT2D eigenvalue weighted by molar-refractivity contribution is -0.116. The molecule has 8 heteroatoms. The number of Topliss-reactive ketones (excluding diaryl/α,β-unsaturated/α-hetero) is 1. The van der Waals surface area contributed by atoms with Gasteiger partial charge in [-0.2, -0.15) is 5.26 Å². The van der Waals surface area contributed by atoms with Crippen LogP contribution < -0.4 is 15.2 Å². The number of carbonyl (C=O) groups excluding carboxylic acids is 1. The van der Waals surface area contributed by atoms with E-state index in [9.17, 15) is 10.1 Å². The number of nitrogens with two attached hydrogens (primary N) is 1. The number of ether oxygens (including phenoxy) is 3. The van der Waals surface area contributed by atoms with E-state index in [4.69, 9.17) is 31.5 Å². The Kier molecular flexibility index (Phi) is 6.96. The van der Waals surface area contributed by atoms with Crippen molar-refractivity contribution in [2.45, 2.75) is 38.7 Å². The summed E-state index contributed by atoms with van der Waals surface area (Å²) in [6.45, 7) is 2.53. The average molecular weight is 530 g/mol. The summed E-state index contributed by atoms with van der Waals surface area (Å²) in [5.41, 5.74) is 8.31. The van der Waals surface area contributed by atoms with E-state index in [1.807, 2.05) is 31.2 Å². The second-order valence-corrected chi connectivity index (χ2v) is 8.94. The number of carbonyl (C=O) groups is 1. The first-order valence-electron chi connectivity index (χ1n) is 10.6. The minimum absolute atomic E-state index is 0.0316. The van der Waals surface area contributed by atoms with Crippen molar-refractivity contribution < 1.29 is 19.0 Å². The van der Waals surface area contributed by atoms with Gasteiger partial charge in [0.2, 0.25) is 5.88 Å². The van der Waals surface area contributed by atoms with E-state index >= 15 is 0 Å². The third kappa shape index (κ3) is 4.59. The predicted molar refractivity (Wildman–Crippen MR) is 128 cm³/mol. The lowest BCUT2D eigenvalue weighted by Gasteiger charge is -2.31. The Labute approximate surface area is 205 Å². The Balaban J connectivity index is 1.77. The maximum absolute atomic E-state index is 12.8. The van der Waals surface area contributed by atoms with Crippen LogP contribution in [0.3, 0.4) is 0 Å². The standard InChI is InChI=1S/C25H22BrClN2O4/c1-2-31-21-11-15(10-17(26)24(21)32-13-14-6-3-4-7-18(14)27)22-16(12-28)25(29)33-20-9-5-8-19(30)23(20)22/h3-4,6-7,10-11,22H,2,5,8-9,13,29H2,1H3/t22-/m1/s1. The van der Waals surface area contributed by atoms with E-state index in [2.05, 4.69) is 22.0 Å². The van der Waals surface area contributed by atoms with Crippen LogP contribution >= 0.6 is 27.5 Å². The number of nitrogens with zero attached hydrogens (tertiary/aromatic N) is 1. The molecule has 0 bridgehead atoms. The van der Waals surface area contributed by atoms with Crippen molar-refractivity contribution in [3.63, 3.8) is 0 Å². The van der Waals surface area contributed by atoms with Gasteiger partial charge in [-0.15, -0.1) is 0 Å². The van der Waals surface area contributed by atoms with Crippen LogP contribution in [0.25, 0.3) is 0 Å². The highest BCUT2D eigenvalue weighted by atomic mass is 79.9. The Bertz CT molecular complexity index is 1220. The number of nitriles is 1. The first kappa shape index (κ1) is 23.2. The highest BCUT2D eigenvalue weighted by molar-refractivity contribution is 9.10. The smallest absolute Gasteiger partial charge is 0.205 e. The van der Waals surface area contributed by atoms with E-state index in [1.165, 1.54) is 0 Å². The SMILES string of the molecule is CCOc1cc([C@@H]2C(C#N)=C(N)OC3=C2C(=O)CCC3)cc(Br)c1OCc1ccccc1Cl. The minimum atomic E-state index is -0.625. The fourth-order valence-corrected chi connectivity index (χ4v) is 4.88. The van der Waals surface area contributed by atoms with Crippen LogP contribution in [0.15, 0.2) is 63.7 Å². The first-order chi connectivity index (χ1) is 15.9. The van der Waals surface area contributed by atoms with Crippen molar-refractivity contribution in [2.24, 2.45) is 5.73 Å². The zero-order valence-corrected chi connectivity index (χ0v) is 20.3. The van der Waals surface area contributed by atoms with E-state index < -0.39 is 5.92 Å². The number of hydrogen-bond donors (Lipinski definition) is 1. The lowest BCUT2D eigenvalue weighted by Crippen LogP contribution is -2.27. The number of ketones is 1. The molecule has 2 aromatic carbocycles. The highest BCUT2D eigenvalue weighted by Crippen LogP contribution is 2.47. The van der Waals surface area contributed by atoms with E-state index in [0.29, 0.717) is 63.8 Å². The molecule has 0 unspecified atom stereocenters. The van der Waals surface area contributed by atoms with Gasteiger partial charge < -0.3 is 19.9 Å². The van der Waals surface area contributed by atoms with Crippen LogP contribution in [-0.2, 0) is 16.1 Å². The Morgan fingerprint density at radius 2 is 2.06 bits per heavy atom. The molecule has 170 valence electrons. The normalized spacial score (nSPS) is 17.9. The molecule has 6 nitrogen and oxygen atoms in total. The summed E-state index contributed by atoms with van der Waals surface area (Å²) in [5.74, 6) is 0.910. The van der Waals surface area contributed by atoms with Gasteiger partial charge in [0.15, 0.2) is 17.3 Å². The van der Waals surface area contributed by atoms with E-state index in [0.717, 1.165) is 5.56 Å². The quantitative estimate of drug-likeness (QED) is 0.501. The van der Waals surface area contributed by atoms with Gasteiger partial charge in [-0.1, -0.05) is 29.8 Å². The van der Waals surface area contributed by atoms with Crippen molar-refractivity contribution >= 4 is 33.3 Å². The summed E-state index contributed by atoms with van der Waals surface area (Å²) < 4.78 is 18.2. The largest absolute Gasteiger partial charge is 0.490 e. The maximum Gasteiger partial charge on any atom is 0.205 e. The topological polar surface area (TPSA) is 94.6 Å². The van der Waals surface area contributed by atoms with Gasteiger partial charge in [0.25, 0.3) is 0 Å². The van der Waals surface area contributed by atoms with Crippen LogP contribution in [0, 0.1) is 11.3 Å². The summed E-state index contributed by atoms with van der Waals surface area (Å²) in [7, 11) is 0. The molecule has 0 saturated carbocycles.